The first-order valence-corrected chi connectivity index (χ1v) is 18.3. The van der Waals surface area contributed by atoms with Crippen LogP contribution < -0.4 is 0 Å². The van der Waals surface area contributed by atoms with Crippen LogP contribution in [0.1, 0.15) is 8.22 Å². The Hall–Kier alpha value is -7.63. The Bertz CT molecular complexity index is 3460. The van der Waals surface area contributed by atoms with Gasteiger partial charge in [-0.05, 0) is 53.0 Å². The number of aromatic nitrogens is 4. The summed E-state index contributed by atoms with van der Waals surface area (Å²) in [5.41, 5.74) is 8.05. The standard InChI is InChI=1S/C51H32N4O/c1-4-15-33(16-5-1)36-27-29-41-42-24-14-23-38(48(42)56-47(41)32-36)37-28-30-43(46(31-37)55-44-25-12-10-21-39(44)40-22-11-13-26-45(40)55)51-53-49(34-17-6-2-7-18-34)52-50(54-51)35-19-8-3-9-20-35/h1-32H/i10D,11D,21D,22D,25D,26D. The number of nitrogens with zero attached hydrogens (tertiary/aromatic N) is 4. The highest BCUT2D eigenvalue weighted by atomic mass is 16.3. The van der Waals surface area contributed by atoms with Gasteiger partial charge in [0.05, 0.1) is 24.9 Å². The van der Waals surface area contributed by atoms with Gasteiger partial charge in [-0.2, -0.15) is 0 Å². The molecule has 11 aromatic rings. The Labute approximate surface area is 331 Å². The number of fused-ring (bicyclic) bond motifs is 6. The van der Waals surface area contributed by atoms with Gasteiger partial charge >= 0.3 is 0 Å². The van der Waals surface area contributed by atoms with Crippen LogP contribution in [0.2, 0.25) is 0 Å². The van der Waals surface area contributed by atoms with Gasteiger partial charge in [-0.1, -0.05) is 158 Å². The zero-order valence-electron chi connectivity index (χ0n) is 35.7. The smallest absolute Gasteiger partial charge is 0.166 e. The van der Waals surface area contributed by atoms with Crippen LogP contribution >= 0.6 is 0 Å². The molecule has 56 heavy (non-hydrogen) atoms. The topological polar surface area (TPSA) is 56.7 Å². The molecule has 0 unspecified atom stereocenters. The van der Waals surface area contributed by atoms with Crippen molar-refractivity contribution in [2.24, 2.45) is 0 Å². The first-order valence-electron chi connectivity index (χ1n) is 21.3. The van der Waals surface area contributed by atoms with Crippen LogP contribution in [0.4, 0.5) is 0 Å². The van der Waals surface area contributed by atoms with Gasteiger partial charge < -0.3 is 8.98 Å². The molecule has 0 fully saturated rings. The van der Waals surface area contributed by atoms with Crippen molar-refractivity contribution < 1.29 is 12.6 Å². The first-order chi connectivity index (χ1) is 30.2. The molecule has 0 amide bonds. The maximum atomic E-state index is 9.30. The quantitative estimate of drug-likeness (QED) is 0.171. The van der Waals surface area contributed by atoms with Crippen molar-refractivity contribution in [3.63, 3.8) is 0 Å². The highest BCUT2D eigenvalue weighted by Crippen LogP contribution is 2.41. The molecule has 0 bridgehead atoms. The molecule has 0 atom stereocenters. The normalized spacial score (nSPS) is 13.1. The third-order valence-electron chi connectivity index (χ3n) is 10.2. The van der Waals surface area contributed by atoms with Crippen molar-refractivity contribution >= 4 is 43.7 Å². The van der Waals surface area contributed by atoms with E-state index in [4.69, 9.17) is 24.9 Å². The summed E-state index contributed by atoms with van der Waals surface area (Å²) in [5.74, 6) is 1.19. The second-order valence-corrected chi connectivity index (χ2v) is 13.5. The third-order valence-corrected chi connectivity index (χ3v) is 10.2. The number of hydrogen-bond acceptors (Lipinski definition) is 4. The number of benzene rings is 8. The molecule has 0 aliphatic rings. The number of rotatable bonds is 6. The molecule has 0 radical (unpaired) electrons. The van der Waals surface area contributed by atoms with E-state index in [-0.39, 0.29) is 58.1 Å². The van der Waals surface area contributed by atoms with Crippen LogP contribution in [0.25, 0.3) is 106 Å². The molecular weight excluding hydrogens is 685 g/mol. The molecule has 11 rings (SSSR count). The fraction of sp³-hybridized carbons (Fsp3) is 0. The Balaban J connectivity index is 1.24. The number of para-hydroxylation sites is 3. The summed E-state index contributed by atoms with van der Waals surface area (Å²) < 4.78 is 62.5. The lowest BCUT2D eigenvalue weighted by Crippen LogP contribution is -2.04. The van der Waals surface area contributed by atoms with E-state index in [9.17, 15) is 2.74 Å². The van der Waals surface area contributed by atoms with Crippen molar-refractivity contribution in [3.8, 4) is 62.1 Å². The van der Waals surface area contributed by atoms with Gasteiger partial charge in [0.25, 0.3) is 0 Å². The van der Waals surface area contributed by atoms with Crippen molar-refractivity contribution in [2.45, 2.75) is 0 Å². The van der Waals surface area contributed by atoms with Crippen molar-refractivity contribution in [1.82, 2.24) is 19.5 Å². The number of furan rings is 1. The lowest BCUT2D eigenvalue weighted by atomic mass is 9.98. The summed E-state index contributed by atoms with van der Waals surface area (Å²) in [6.07, 6.45) is 0. The maximum Gasteiger partial charge on any atom is 0.166 e. The van der Waals surface area contributed by atoms with Gasteiger partial charge in [-0.25, -0.2) is 15.0 Å². The molecule has 3 aromatic heterocycles. The van der Waals surface area contributed by atoms with Gasteiger partial charge in [-0.3, -0.25) is 0 Å². The minimum absolute atomic E-state index is 0.0712. The van der Waals surface area contributed by atoms with Gasteiger partial charge in [0.15, 0.2) is 17.5 Å². The molecule has 0 saturated carbocycles. The highest BCUT2D eigenvalue weighted by Gasteiger charge is 2.21. The molecule has 0 spiro atoms. The van der Waals surface area contributed by atoms with E-state index in [0.717, 1.165) is 49.7 Å². The van der Waals surface area contributed by atoms with Gasteiger partial charge in [-0.15, -0.1) is 0 Å². The summed E-state index contributed by atoms with van der Waals surface area (Å²) in [5, 5.41) is 2.21. The van der Waals surface area contributed by atoms with Crippen molar-refractivity contribution in [2.75, 3.05) is 0 Å². The molecule has 0 aliphatic heterocycles. The summed E-state index contributed by atoms with van der Waals surface area (Å²) >= 11 is 0. The zero-order valence-corrected chi connectivity index (χ0v) is 29.7. The van der Waals surface area contributed by atoms with Crippen LogP contribution in [0.15, 0.2) is 198 Å². The van der Waals surface area contributed by atoms with Crippen LogP contribution in [-0.2, 0) is 0 Å². The molecule has 0 N–H and O–H groups in total. The van der Waals surface area contributed by atoms with E-state index >= 15 is 0 Å². The van der Waals surface area contributed by atoms with E-state index < -0.39 is 0 Å². The predicted octanol–water partition coefficient (Wildman–Crippen LogP) is 13.2. The van der Waals surface area contributed by atoms with Crippen LogP contribution in [-0.4, -0.2) is 19.5 Å². The van der Waals surface area contributed by atoms with E-state index in [1.54, 1.807) is 4.57 Å². The monoisotopic (exact) mass is 722 g/mol. The molecular formula is C51H32N4O. The third kappa shape index (κ3) is 5.29. The summed E-state index contributed by atoms with van der Waals surface area (Å²) in [4.78, 5) is 15.1. The second kappa shape index (κ2) is 13.0. The SMILES string of the molecule is [2H]c1cc([2H])c2c(c1[2H])c1c([2H])c([2H])cc([2H])c1n2-c1cc(-c2cccc3c2oc2cc(-c4ccccc4)ccc23)ccc1-c1nc(-c2ccccc2)nc(-c2ccccc2)n1. The average molecular weight is 723 g/mol. The Morgan fingerprint density at radius 2 is 1.00 bits per heavy atom. The van der Waals surface area contributed by atoms with E-state index in [2.05, 4.69) is 30.3 Å². The van der Waals surface area contributed by atoms with Crippen LogP contribution in [0.3, 0.4) is 0 Å². The predicted molar refractivity (Wildman–Crippen MR) is 229 cm³/mol. The Morgan fingerprint density at radius 3 is 1.64 bits per heavy atom. The summed E-state index contributed by atoms with van der Waals surface area (Å²) in [6, 6.07) is 49.2. The second-order valence-electron chi connectivity index (χ2n) is 13.5. The molecule has 3 heterocycles. The Morgan fingerprint density at radius 1 is 0.411 bits per heavy atom. The molecule has 8 aromatic carbocycles. The lowest BCUT2D eigenvalue weighted by Gasteiger charge is -2.16. The average Bonchev–Trinajstić information content (AvgIpc) is 3.88. The highest BCUT2D eigenvalue weighted by molar-refractivity contribution is 6.12. The fourth-order valence-corrected chi connectivity index (χ4v) is 7.59. The maximum absolute atomic E-state index is 9.30. The van der Waals surface area contributed by atoms with E-state index in [1.807, 2.05) is 115 Å². The van der Waals surface area contributed by atoms with Crippen LogP contribution in [0.5, 0.6) is 0 Å². The lowest BCUT2D eigenvalue weighted by molar-refractivity contribution is 0.670. The molecule has 262 valence electrons. The fourth-order valence-electron chi connectivity index (χ4n) is 7.59. The van der Waals surface area contributed by atoms with Gasteiger partial charge in [0, 0.05) is 43.8 Å². The van der Waals surface area contributed by atoms with Crippen LogP contribution in [0, 0.1) is 0 Å². The van der Waals surface area contributed by atoms with Crippen molar-refractivity contribution in [3.05, 3.63) is 194 Å². The Kier molecular flexibility index (Phi) is 6.10. The molecule has 0 aliphatic carbocycles. The largest absolute Gasteiger partial charge is 0.455 e. The summed E-state index contributed by atoms with van der Waals surface area (Å²) in [7, 11) is 0. The first kappa shape index (κ1) is 26.2. The minimum atomic E-state index is -0.198. The van der Waals surface area contributed by atoms with E-state index in [0.29, 0.717) is 34.3 Å². The molecule has 5 nitrogen and oxygen atoms in total. The molecule has 5 heteroatoms. The number of hydrogen-bond donors (Lipinski definition) is 0. The van der Waals surface area contributed by atoms with Gasteiger partial charge in [0.2, 0.25) is 0 Å². The summed E-state index contributed by atoms with van der Waals surface area (Å²) in [6.45, 7) is 0. The zero-order chi connectivity index (χ0) is 42.2. The van der Waals surface area contributed by atoms with Crippen molar-refractivity contribution in [1.29, 1.82) is 0 Å². The molecule has 0 saturated heterocycles. The minimum Gasteiger partial charge on any atom is -0.455 e. The van der Waals surface area contributed by atoms with E-state index in [1.165, 1.54) is 12.1 Å². The van der Waals surface area contributed by atoms with Gasteiger partial charge in [0.1, 0.15) is 11.2 Å².